The number of halogens is 2. The van der Waals surface area contributed by atoms with Crippen molar-refractivity contribution in [1.82, 2.24) is 0 Å². The summed E-state index contributed by atoms with van der Waals surface area (Å²) in [4.78, 5) is 10.0. The summed E-state index contributed by atoms with van der Waals surface area (Å²) < 4.78 is 18.5. The fraction of sp³-hybridized carbons (Fsp3) is 0.400. The normalized spacial score (nSPS) is 23.0. The lowest BCUT2D eigenvalue weighted by Gasteiger charge is -2.32. The van der Waals surface area contributed by atoms with Crippen LogP contribution in [0.2, 0.25) is 5.02 Å². The Morgan fingerprint density at radius 3 is 2.71 bits per heavy atom. The molecular weight excluding hydrogens is 251 g/mol. The van der Waals surface area contributed by atoms with Crippen molar-refractivity contribution in [1.29, 1.82) is 0 Å². The lowest BCUT2D eigenvalue weighted by Crippen LogP contribution is -2.43. The molecule has 0 atom stereocenters. The highest BCUT2D eigenvalue weighted by Crippen LogP contribution is 2.35. The molecule has 1 saturated carbocycles. The zero-order chi connectivity index (χ0) is 12.6. The van der Waals surface area contributed by atoms with Crippen LogP contribution in [0.25, 0.3) is 0 Å². The van der Waals surface area contributed by atoms with E-state index in [1.165, 1.54) is 0 Å². The number of nitrogens with zero attached hydrogens (tertiary/aromatic N) is 1. The van der Waals surface area contributed by atoms with Crippen LogP contribution in [0.5, 0.6) is 5.75 Å². The zero-order valence-corrected chi connectivity index (χ0v) is 9.48. The molecule has 0 saturated heterocycles. The van der Waals surface area contributed by atoms with Crippen LogP contribution in [0.15, 0.2) is 12.1 Å². The van der Waals surface area contributed by atoms with Gasteiger partial charge in [0.05, 0.1) is 16.0 Å². The highest BCUT2D eigenvalue weighted by atomic mass is 35.5. The Hall–Kier alpha value is -1.40. The Morgan fingerprint density at radius 2 is 2.18 bits per heavy atom. The van der Waals surface area contributed by atoms with E-state index in [1.54, 1.807) is 0 Å². The van der Waals surface area contributed by atoms with Crippen LogP contribution in [0.4, 0.5) is 10.1 Å². The zero-order valence-electron chi connectivity index (χ0n) is 8.73. The van der Waals surface area contributed by atoms with Crippen molar-refractivity contribution in [2.45, 2.75) is 25.0 Å². The first-order valence-corrected chi connectivity index (χ1v) is 5.41. The molecule has 1 aromatic carbocycles. The number of hydrogen-bond acceptors (Lipinski definition) is 4. The maximum Gasteiger partial charge on any atom is 0.313 e. The molecule has 1 fully saturated rings. The van der Waals surface area contributed by atoms with Crippen LogP contribution >= 0.6 is 11.6 Å². The average Bonchev–Trinajstić information content (AvgIpc) is 2.20. The van der Waals surface area contributed by atoms with Gasteiger partial charge in [0, 0.05) is 12.1 Å². The second-order valence-electron chi connectivity index (χ2n) is 3.96. The number of ether oxygens (including phenoxy) is 1. The molecule has 0 aromatic heterocycles. The van der Waals surface area contributed by atoms with Crippen LogP contribution < -0.4 is 10.5 Å². The first-order valence-electron chi connectivity index (χ1n) is 5.03. The van der Waals surface area contributed by atoms with E-state index < -0.39 is 16.4 Å². The van der Waals surface area contributed by atoms with Gasteiger partial charge in [-0.3, -0.25) is 10.1 Å². The molecule has 2 N–H and O–H groups in total. The summed E-state index contributed by atoms with van der Waals surface area (Å²) in [6.45, 7) is 0. The summed E-state index contributed by atoms with van der Waals surface area (Å²) in [6, 6.07) is 1.95. The Kier molecular flexibility index (Phi) is 3.17. The summed E-state index contributed by atoms with van der Waals surface area (Å²) in [5, 5.41) is 10.5. The van der Waals surface area contributed by atoms with Crippen LogP contribution in [0, 0.1) is 15.9 Å². The predicted molar refractivity (Wildman–Crippen MR) is 59.7 cm³/mol. The summed E-state index contributed by atoms with van der Waals surface area (Å²) in [6.07, 6.45) is 1.10. The van der Waals surface area contributed by atoms with Crippen molar-refractivity contribution in [2.75, 3.05) is 0 Å². The predicted octanol–water partition coefficient (Wildman–Crippen LogP) is 2.26. The largest absolute Gasteiger partial charge is 0.483 e. The molecular formula is C10H10ClFN2O3. The monoisotopic (exact) mass is 260 g/mol. The van der Waals surface area contributed by atoms with Gasteiger partial charge in [0.15, 0.2) is 5.75 Å². The van der Waals surface area contributed by atoms with Gasteiger partial charge in [0.2, 0.25) is 0 Å². The van der Waals surface area contributed by atoms with Gasteiger partial charge < -0.3 is 10.5 Å². The van der Waals surface area contributed by atoms with E-state index in [9.17, 15) is 14.5 Å². The molecule has 1 aliphatic carbocycles. The Morgan fingerprint density at radius 1 is 1.53 bits per heavy atom. The van der Waals surface area contributed by atoms with Gasteiger partial charge in [-0.25, -0.2) is 4.39 Å². The maximum absolute atomic E-state index is 13.1. The summed E-state index contributed by atoms with van der Waals surface area (Å²) in [5.74, 6) is -0.852. The fourth-order valence-corrected chi connectivity index (χ4v) is 1.79. The number of hydrogen-bond donors (Lipinski definition) is 1. The van der Waals surface area contributed by atoms with Gasteiger partial charge in [-0.1, -0.05) is 11.6 Å². The lowest BCUT2D eigenvalue weighted by molar-refractivity contribution is -0.386. The van der Waals surface area contributed by atoms with Gasteiger partial charge in [-0.2, -0.15) is 0 Å². The molecule has 0 unspecified atom stereocenters. The molecule has 5 nitrogen and oxygen atoms in total. The van der Waals surface area contributed by atoms with Crippen molar-refractivity contribution >= 4 is 17.3 Å². The van der Waals surface area contributed by atoms with Gasteiger partial charge in [0.1, 0.15) is 11.9 Å². The third-order valence-corrected chi connectivity index (χ3v) is 2.91. The SMILES string of the molecule is NC1CC(Oc2cc(Cl)c(F)cc2[N+](=O)[O-])C1. The minimum atomic E-state index is -0.837. The second kappa shape index (κ2) is 4.46. The molecule has 17 heavy (non-hydrogen) atoms. The van der Waals surface area contributed by atoms with Crippen molar-refractivity contribution in [2.24, 2.45) is 5.73 Å². The van der Waals surface area contributed by atoms with Crippen molar-refractivity contribution in [3.63, 3.8) is 0 Å². The van der Waals surface area contributed by atoms with E-state index in [4.69, 9.17) is 22.1 Å². The minimum Gasteiger partial charge on any atom is -0.483 e. The van der Waals surface area contributed by atoms with Crippen molar-refractivity contribution < 1.29 is 14.1 Å². The van der Waals surface area contributed by atoms with Gasteiger partial charge >= 0.3 is 5.69 Å². The molecule has 0 heterocycles. The second-order valence-corrected chi connectivity index (χ2v) is 4.37. The topological polar surface area (TPSA) is 78.4 Å². The molecule has 0 bridgehead atoms. The molecule has 0 aliphatic heterocycles. The van der Waals surface area contributed by atoms with Crippen LogP contribution in [-0.4, -0.2) is 17.1 Å². The number of nitrogens with two attached hydrogens (primary N) is 1. The molecule has 0 spiro atoms. The molecule has 0 amide bonds. The first kappa shape index (κ1) is 12.1. The molecule has 1 aliphatic rings. The molecule has 1 aromatic rings. The highest BCUT2D eigenvalue weighted by Gasteiger charge is 2.30. The Labute approximate surface area is 101 Å². The van der Waals surface area contributed by atoms with Crippen LogP contribution in [0.1, 0.15) is 12.8 Å². The average molecular weight is 261 g/mol. The quantitative estimate of drug-likeness (QED) is 0.668. The molecule has 7 heteroatoms. The van der Waals surface area contributed by atoms with E-state index in [-0.39, 0.29) is 22.9 Å². The maximum atomic E-state index is 13.1. The molecule has 0 radical (unpaired) electrons. The number of nitro benzene ring substituents is 1. The van der Waals surface area contributed by atoms with Gasteiger partial charge in [-0.15, -0.1) is 0 Å². The van der Waals surface area contributed by atoms with Crippen LogP contribution in [0.3, 0.4) is 0 Å². The van der Waals surface area contributed by atoms with E-state index in [2.05, 4.69) is 0 Å². The van der Waals surface area contributed by atoms with E-state index in [1.807, 2.05) is 0 Å². The molecule has 2 rings (SSSR count). The van der Waals surface area contributed by atoms with Crippen molar-refractivity contribution in [3.8, 4) is 5.75 Å². The first-order chi connectivity index (χ1) is 7.97. The van der Waals surface area contributed by atoms with Gasteiger partial charge in [-0.05, 0) is 12.8 Å². The third-order valence-electron chi connectivity index (χ3n) is 2.62. The van der Waals surface area contributed by atoms with E-state index in [0.717, 1.165) is 12.1 Å². The number of rotatable bonds is 3. The summed E-state index contributed by atoms with van der Waals surface area (Å²) >= 11 is 5.56. The minimum absolute atomic E-state index is 0.0155. The molecule has 92 valence electrons. The number of nitro groups is 1. The Bertz CT molecular complexity index is 463. The van der Waals surface area contributed by atoms with Gasteiger partial charge in [0.25, 0.3) is 0 Å². The fourth-order valence-electron chi connectivity index (χ4n) is 1.64. The standard InChI is InChI=1S/C10H10ClFN2O3/c11-7-3-10(17-6-1-5(13)2-6)9(14(15)16)4-8(7)12/h3-6H,1-2,13H2. The smallest absolute Gasteiger partial charge is 0.313 e. The number of benzene rings is 1. The Balaban J connectivity index is 2.25. The lowest BCUT2D eigenvalue weighted by atomic mass is 9.90. The highest BCUT2D eigenvalue weighted by molar-refractivity contribution is 6.31. The summed E-state index contributed by atoms with van der Waals surface area (Å²) in [5.41, 5.74) is 5.15. The van der Waals surface area contributed by atoms with E-state index >= 15 is 0 Å². The third kappa shape index (κ3) is 2.48. The van der Waals surface area contributed by atoms with Crippen molar-refractivity contribution in [3.05, 3.63) is 33.1 Å². The summed E-state index contributed by atoms with van der Waals surface area (Å²) in [7, 11) is 0. The van der Waals surface area contributed by atoms with E-state index in [0.29, 0.717) is 12.8 Å². The van der Waals surface area contributed by atoms with Crippen LogP contribution in [-0.2, 0) is 0 Å².